The van der Waals surface area contributed by atoms with Gasteiger partial charge in [-0.1, -0.05) is 12.0 Å². The van der Waals surface area contributed by atoms with Gasteiger partial charge in [0.1, 0.15) is 0 Å². The standard InChI is InChI=1S/C11H16N6O/c1-3-4-13-8(2)10-16-17-11(18-10)15-9-7-12-5-6-14-9/h5-8,13H,3-4H2,1-2H3,(H,14,15,17). The maximum atomic E-state index is 5.48. The quantitative estimate of drug-likeness (QED) is 0.803. The summed E-state index contributed by atoms with van der Waals surface area (Å²) in [7, 11) is 0. The molecule has 2 aromatic heterocycles. The van der Waals surface area contributed by atoms with E-state index in [1.54, 1.807) is 18.6 Å². The SMILES string of the molecule is CCCNC(C)c1nnc(Nc2cnccn2)o1. The van der Waals surface area contributed by atoms with Gasteiger partial charge in [-0.05, 0) is 19.9 Å². The molecular weight excluding hydrogens is 232 g/mol. The van der Waals surface area contributed by atoms with Crippen molar-refractivity contribution in [2.75, 3.05) is 11.9 Å². The number of anilines is 2. The number of hydrogen-bond acceptors (Lipinski definition) is 7. The Bertz CT molecular complexity index is 471. The highest BCUT2D eigenvalue weighted by atomic mass is 16.4. The van der Waals surface area contributed by atoms with E-state index in [2.05, 4.69) is 37.7 Å². The molecule has 7 heteroatoms. The molecule has 0 radical (unpaired) electrons. The van der Waals surface area contributed by atoms with Crippen molar-refractivity contribution in [1.29, 1.82) is 0 Å². The van der Waals surface area contributed by atoms with Gasteiger partial charge in [-0.25, -0.2) is 4.98 Å². The van der Waals surface area contributed by atoms with E-state index in [4.69, 9.17) is 4.42 Å². The highest BCUT2D eigenvalue weighted by Gasteiger charge is 2.13. The summed E-state index contributed by atoms with van der Waals surface area (Å²) >= 11 is 0. The lowest BCUT2D eigenvalue weighted by atomic mass is 10.3. The molecule has 0 aliphatic heterocycles. The van der Waals surface area contributed by atoms with Crippen LogP contribution in [-0.4, -0.2) is 26.7 Å². The second kappa shape index (κ2) is 6.06. The van der Waals surface area contributed by atoms with Crippen molar-refractivity contribution in [3.05, 3.63) is 24.5 Å². The van der Waals surface area contributed by atoms with Crippen LogP contribution in [0.3, 0.4) is 0 Å². The van der Waals surface area contributed by atoms with Gasteiger partial charge in [0.05, 0.1) is 12.2 Å². The molecule has 0 aliphatic rings. The summed E-state index contributed by atoms with van der Waals surface area (Å²) in [4.78, 5) is 8.00. The molecule has 0 spiro atoms. The molecule has 2 rings (SSSR count). The Morgan fingerprint density at radius 1 is 1.33 bits per heavy atom. The monoisotopic (exact) mass is 248 g/mol. The topological polar surface area (TPSA) is 88.8 Å². The average molecular weight is 248 g/mol. The van der Waals surface area contributed by atoms with Gasteiger partial charge in [-0.15, -0.1) is 5.10 Å². The Balaban J connectivity index is 1.98. The molecule has 0 amide bonds. The summed E-state index contributed by atoms with van der Waals surface area (Å²) < 4.78 is 5.48. The normalized spacial score (nSPS) is 12.3. The van der Waals surface area contributed by atoms with Crippen molar-refractivity contribution >= 4 is 11.8 Å². The van der Waals surface area contributed by atoms with Gasteiger partial charge in [0.15, 0.2) is 5.82 Å². The first-order valence-electron chi connectivity index (χ1n) is 5.89. The van der Waals surface area contributed by atoms with E-state index in [-0.39, 0.29) is 6.04 Å². The first kappa shape index (κ1) is 12.4. The largest absolute Gasteiger partial charge is 0.406 e. The summed E-state index contributed by atoms with van der Waals surface area (Å²) in [6, 6.07) is 0.352. The predicted molar refractivity (Wildman–Crippen MR) is 66.3 cm³/mol. The van der Waals surface area contributed by atoms with E-state index in [0.717, 1.165) is 13.0 Å². The fourth-order valence-corrected chi connectivity index (χ4v) is 1.38. The molecule has 0 aromatic carbocycles. The van der Waals surface area contributed by atoms with Crippen molar-refractivity contribution in [3.8, 4) is 0 Å². The van der Waals surface area contributed by atoms with E-state index in [1.807, 2.05) is 6.92 Å². The first-order valence-corrected chi connectivity index (χ1v) is 5.89. The molecule has 2 N–H and O–H groups in total. The third-order valence-corrected chi connectivity index (χ3v) is 2.31. The van der Waals surface area contributed by atoms with Crippen LogP contribution < -0.4 is 10.6 Å². The molecule has 2 aromatic rings. The Morgan fingerprint density at radius 2 is 2.22 bits per heavy atom. The number of nitrogens with one attached hydrogen (secondary N) is 2. The highest BCUT2D eigenvalue weighted by Crippen LogP contribution is 2.16. The summed E-state index contributed by atoms with van der Waals surface area (Å²) in [5.41, 5.74) is 0. The summed E-state index contributed by atoms with van der Waals surface area (Å²) in [5.74, 6) is 1.12. The Kier molecular flexibility index (Phi) is 4.19. The van der Waals surface area contributed by atoms with Crippen LogP contribution in [0.15, 0.2) is 23.0 Å². The number of nitrogens with zero attached hydrogens (tertiary/aromatic N) is 4. The summed E-state index contributed by atoms with van der Waals surface area (Å²) in [6.45, 7) is 5.00. The molecular formula is C11H16N6O. The van der Waals surface area contributed by atoms with Crippen molar-refractivity contribution in [2.45, 2.75) is 26.3 Å². The lowest BCUT2D eigenvalue weighted by Gasteiger charge is -2.07. The lowest BCUT2D eigenvalue weighted by molar-refractivity contribution is 0.424. The molecule has 0 saturated carbocycles. The zero-order chi connectivity index (χ0) is 12.8. The van der Waals surface area contributed by atoms with Crippen LogP contribution >= 0.6 is 0 Å². The summed E-state index contributed by atoms with van der Waals surface area (Å²) in [5, 5.41) is 14.0. The van der Waals surface area contributed by atoms with E-state index >= 15 is 0 Å². The Hall–Kier alpha value is -2.02. The van der Waals surface area contributed by atoms with Crippen LogP contribution in [0.2, 0.25) is 0 Å². The molecule has 0 saturated heterocycles. The minimum Gasteiger partial charge on any atom is -0.406 e. The second-order valence-corrected chi connectivity index (χ2v) is 3.84. The van der Waals surface area contributed by atoms with E-state index in [9.17, 15) is 0 Å². The van der Waals surface area contributed by atoms with Gasteiger partial charge in [0, 0.05) is 12.4 Å². The van der Waals surface area contributed by atoms with E-state index in [1.165, 1.54) is 0 Å². The Labute approximate surface area is 105 Å². The number of rotatable bonds is 6. The van der Waals surface area contributed by atoms with Crippen LogP contribution in [0.5, 0.6) is 0 Å². The van der Waals surface area contributed by atoms with Crippen LogP contribution in [0.1, 0.15) is 32.2 Å². The number of hydrogen-bond donors (Lipinski definition) is 2. The molecule has 0 fully saturated rings. The molecule has 7 nitrogen and oxygen atoms in total. The first-order chi connectivity index (χ1) is 8.79. The third kappa shape index (κ3) is 3.24. The minimum atomic E-state index is 0.0369. The molecule has 0 bridgehead atoms. The molecule has 0 aliphatic carbocycles. The van der Waals surface area contributed by atoms with Crippen molar-refractivity contribution in [2.24, 2.45) is 0 Å². The van der Waals surface area contributed by atoms with Gasteiger partial charge in [-0.2, -0.15) is 0 Å². The summed E-state index contributed by atoms with van der Waals surface area (Å²) in [6.07, 6.45) is 5.83. The maximum Gasteiger partial charge on any atom is 0.321 e. The van der Waals surface area contributed by atoms with E-state index in [0.29, 0.717) is 17.7 Å². The third-order valence-electron chi connectivity index (χ3n) is 2.31. The molecule has 2 heterocycles. The van der Waals surface area contributed by atoms with Gasteiger partial charge < -0.3 is 9.73 Å². The molecule has 1 atom stereocenters. The van der Waals surface area contributed by atoms with Crippen molar-refractivity contribution < 1.29 is 4.42 Å². The van der Waals surface area contributed by atoms with Crippen molar-refractivity contribution in [3.63, 3.8) is 0 Å². The van der Waals surface area contributed by atoms with Gasteiger partial charge in [0.25, 0.3) is 0 Å². The zero-order valence-electron chi connectivity index (χ0n) is 10.4. The maximum absolute atomic E-state index is 5.48. The smallest absolute Gasteiger partial charge is 0.321 e. The fraction of sp³-hybridized carbons (Fsp3) is 0.455. The lowest BCUT2D eigenvalue weighted by Crippen LogP contribution is -2.19. The van der Waals surface area contributed by atoms with Crippen LogP contribution in [0, 0.1) is 0 Å². The van der Waals surface area contributed by atoms with Gasteiger partial charge >= 0.3 is 6.01 Å². The fourth-order valence-electron chi connectivity index (χ4n) is 1.38. The predicted octanol–water partition coefficient (Wildman–Crippen LogP) is 1.66. The molecule has 1 unspecified atom stereocenters. The van der Waals surface area contributed by atoms with E-state index < -0.39 is 0 Å². The average Bonchev–Trinajstić information content (AvgIpc) is 2.86. The molecule has 18 heavy (non-hydrogen) atoms. The number of aromatic nitrogens is 4. The second-order valence-electron chi connectivity index (χ2n) is 3.84. The van der Waals surface area contributed by atoms with Crippen LogP contribution in [0.4, 0.5) is 11.8 Å². The Morgan fingerprint density at radius 3 is 2.94 bits per heavy atom. The molecule has 96 valence electrons. The minimum absolute atomic E-state index is 0.0369. The van der Waals surface area contributed by atoms with Crippen molar-refractivity contribution in [1.82, 2.24) is 25.5 Å². The van der Waals surface area contributed by atoms with Crippen LogP contribution in [-0.2, 0) is 0 Å². The van der Waals surface area contributed by atoms with Crippen LogP contribution in [0.25, 0.3) is 0 Å². The zero-order valence-corrected chi connectivity index (χ0v) is 10.4. The van der Waals surface area contributed by atoms with Gasteiger partial charge in [0.2, 0.25) is 5.89 Å². The van der Waals surface area contributed by atoms with Gasteiger partial charge in [-0.3, -0.25) is 10.3 Å². The highest BCUT2D eigenvalue weighted by molar-refractivity contribution is 5.42.